The van der Waals surface area contributed by atoms with Crippen molar-refractivity contribution in [3.63, 3.8) is 0 Å². The van der Waals surface area contributed by atoms with Gasteiger partial charge in [-0.25, -0.2) is 0 Å². The highest BCUT2D eigenvalue weighted by molar-refractivity contribution is 5.79. The SMILES string of the molecule is COCCN1C(=O)C[C@@H](CNC2CCCC(C3CC3)C2)[C@@H]1c1cnn(C)c1C. The summed E-state index contributed by atoms with van der Waals surface area (Å²) in [5.41, 5.74) is 2.34. The molecule has 6 nitrogen and oxygen atoms in total. The Labute approximate surface area is 169 Å². The number of nitrogens with one attached hydrogen (secondary N) is 1. The minimum Gasteiger partial charge on any atom is -0.383 e. The molecule has 156 valence electrons. The Bertz CT molecular complexity index is 684. The Morgan fingerprint density at radius 2 is 2.07 bits per heavy atom. The molecular formula is C22H36N4O2. The van der Waals surface area contributed by atoms with E-state index in [1.165, 1.54) is 44.1 Å². The maximum absolute atomic E-state index is 12.8. The van der Waals surface area contributed by atoms with Crippen LogP contribution in [0.5, 0.6) is 0 Å². The molecule has 2 unspecified atom stereocenters. The van der Waals surface area contributed by atoms with Gasteiger partial charge in [-0.05, 0) is 44.4 Å². The molecule has 1 saturated heterocycles. The number of likely N-dealkylation sites (tertiary alicyclic amines) is 1. The topological polar surface area (TPSA) is 59.4 Å². The van der Waals surface area contributed by atoms with Crippen LogP contribution < -0.4 is 5.32 Å². The number of amides is 1. The van der Waals surface area contributed by atoms with Gasteiger partial charge < -0.3 is 15.0 Å². The van der Waals surface area contributed by atoms with Gasteiger partial charge in [0.25, 0.3) is 0 Å². The van der Waals surface area contributed by atoms with Gasteiger partial charge in [0, 0.05) is 56.9 Å². The van der Waals surface area contributed by atoms with E-state index in [4.69, 9.17) is 4.74 Å². The van der Waals surface area contributed by atoms with Crippen molar-refractivity contribution in [3.8, 4) is 0 Å². The van der Waals surface area contributed by atoms with Gasteiger partial charge in [-0.3, -0.25) is 9.48 Å². The fourth-order valence-corrected chi connectivity index (χ4v) is 5.45. The molecule has 4 atom stereocenters. The lowest BCUT2D eigenvalue weighted by Gasteiger charge is -2.32. The monoisotopic (exact) mass is 388 g/mol. The zero-order valence-corrected chi connectivity index (χ0v) is 17.7. The van der Waals surface area contributed by atoms with Crippen molar-refractivity contribution in [2.24, 2.45) is 24.8 Å². The third-order valence-corrected chi connectivity index (χ3v) is 7.34. The predicted molar refractivity (Wildman–Crippen MR) is 109 cm³/mol. The zero-order chi connectivity index (χ0) is 19.7. The molecule has 6 heteroatoms. The number of hydrogen-bond acceptors (Lipinski definition) is 4. The molecule has 0 bridgehead atoms. The summed E-state index contributed by atoms with van der Waals surface area (Å²) in [6, 6.07) is 0.727. The molecule has 1 aromatic rings. The summed E-state index contributed by atoms with van der Waals surface area (Å²) in [7, 11) is 3.67. The van der Waals surface area contributed by atoms with E-state index in [0.717, 1.165) is 24.1 Å². The Kier molecular flexibility index (Phi) is 6.07. The lowest BCUT2D eigenvalue weighted by Crippen LogP contribution is -2.39. The number of methoxy groups -OCH3 is 1. The van der Waals surface area contributed by atoms with Crippen LogP contribution in [-0.2, 0) is 16.6 Å². The van der Waals surface area contributed by atoms with Crippen molar-refractivity contribution in [2.45, 2.75) is 64.0 Å². The molecule has 0 spiro atoms. The van der Waals surface area contributed by atoms with E-state index in [-0.39, 0.29) is 11.9 Å². The molecule has 2 saturated carbocycles. The second-order valence-corrected chi connectivity index (χ2v) is 9.17. The van der Waals surface area contributed by atoms with Gasteiger partial charge in [0.2, 0.25) is 5.91 Å². The number of aryl methyl sites for hydroxylation is 1. The van der Waals surface area contributed by atoms with Crippen LogP contribution in [0.25, 0.3) is 0 Å². The Hall–Kier alpha value is -1.40. The Morgan fingerprint density at radius 1 is 1.25 bits per heavy atom. The molecular weight excluding hydrogens is 352 g/mol. The summed E-state index contributed by atoms with van der Waals surface area (Å²) in [6.45, 7) is 4.24. The van der Waals surface area contributed by atoms with Crippen molar-refractivity contribution < 1.29 is 9.53 Å². The molecule has 3 fully saturated rings. The van der Waals surface area contributed by atoms with Gasteiger partial charge in [-0.2, -0.15) is 5.10 Å². The molecule has 2 aliphatic carbocycles. The third kappa shape index (κ3) is 4.13. The average molecular weight is 389 g/mol. The molecule has 0 aromatic carbocycles. The van der Waals surface area contributed by atoms with E-state index in [1.807, 2.05) is 22.8 Å². The van der Waals surface area contributed by atoms with Crippen molar-refractivity contribution in [1.29, 1.82) is 0 Å². The Balaban J connectivity index is 1.44. The van der Waals surface area contributed by atoms with Crippen molar-refractivity contribution in [2.75, 3.05) is 26.8 Å². The van der Waals surface area contributed by atoms with Gasteiger partial charge in [0.05, 0.1) is 18.8 Å². The predicted octanol–water partition coefficient (Wildman–Crippen LogP) is 2.82. The lowest BCUT2D eigenvalue weighted by molar-refractivity contribution is -0.129. The summed E-state index contributed by atoms with van der Waals surface area (Å²) in [6.07, 6.45) is 10.9. The first-order chi connectivity index (χ1) is 13.6. The van der Waals surface area contributed by atoms with E-state index in [2.05, 4.69) is 17.3 Å². The largest absolute Gasteiger partial charge is 0.383 e. The van der Waals surface area contributed by atoms with E-state index in [9.17, 15) is 4.79 Å². The van der Waals surface area contributed by atoms with E-state index >= 15 is 0 Å². The molecule has 1 aromatic heterocycles. The molecule has 0 radical (unpaired) electrons. The van der Waals surface area contributed by atoms with Crippen molar-refractivity contribution >= 4 is 5.91 Å². The van der Waals surface area contributed by atoms with Crippen LogP contribution in [0, 0.1) is 24.7 Å². The molecule has 3 aliphatic rings. The van der Waals surface area contributed by atoms with Crippen LogP contribution in [0.3, 0.4) is 0 Å². The van der Waals surface area contributed by atoms with Crippen LogP contribution in [-0.4, -0.2) is 53.4 Å². The first-order valence-corrected chi connectivity index (χ1v) is 11.1. The first-order valence-electron chi connectivity index (χ1n) is 11.1. The average Bonchev–Trinajstić information content (AvgIpc) is 3.44. The maximum Gasteiger partial charge on any atom is 0.223 e. The van der Waals surface area contributed by atoms with Gasteiger partial charge >= 0.3 is 0 Å². The van der Waals surface area contributed by atoms with Gasteiger partial charge in [-0.15, -0.1) is 0 Å². The van der Waals surface area contributed by atoms with Crippen LogP contribution in [0.15, 0.2) is 6.20 Å². The fourth-order valence-electron chi connectivity index (χ4n) is 5.45. The summed E-state index contributed by atoms with van der Waals surface area (Å²) in [5, 5.41) is 8.31. The summed E-state index contributed by atoms with van der Waals surface area (Å²) >= 11 is 0. The lowest BCUT2D eigenvalue weighted by atomic mass is 9.82. The molecule has 28 heavy (non-hydrogen) atoms. The molecule has 1 aliphatic heterocycles. The second kappa shape index (κ2) is 8.54. The molecule has 1 amide bonds. The van der Waals surface area contributed by atoms with Crippen molar-refractivity contribution in [1.82, 2.24) is 20.0 Å². The first kappa shape index (κ1) is 19.9. The van der Waals surface area contributed by atoms with Crippen LogP contribution in [0.2, 0.25) is 0 Å². The molecule has 2 heterocycles. The number of carbonyl (C=O) groups excluding carboxylic acids is 1. The molecule has 4 rings (SSSR count). The number of rotatable bonds is 8. The van der Waals surface area contributed by atoms with E-state index in [0.29, 0.717) is 31.5 Å². The fraction of sp³-hybridized carbons (Fsp3) is 0.818. The minimum atomic E-state index is 0.103. The summed E-state index contributed by atoms with van der Waals surface area (Å²) in [5.74, 6) is 2.49. The maximum atomic E-state index is 12.8. The van der Waals surface area contributed by atoms with E-state index < -0.39 is 0 Å². The van der Waals surface area contributed by atoms with Crippen molar-refractivity contribution in [3.05, 3.63) is 17.5 Å². The van der Waals surface area contributed by atoms with Crippen LogP contribution in [0.4, 0.5) is 0 Å². The quantitative estimate of drug-likeness (QED) is 0.744. The van der Waals surface area contributed by atoms with Gasteiger partial charge in [0.1, 0.15) is 0 Å². The normalized spacial score (nSPS) is 31.0. The number of hydrogen-bond donors (Lipinski definition) is 1. The number of ether oxygens (including phenoxy) is 1. The number of nitrogens with zero attached hydrogens (tertiary/aromatic N) is 3. The molecule has 1 N–H and O–H groups in total. The van der Waals surface area contributed by atoms with Crippen LogP contribution >= 0.6 is 0 Å². The van der Waals surface area contributed by atoms with E-state index in [1.54, 1.807) is 7.11 Å². The highest BCUT2D eigenvalue weighted by Gasteiger charge is 2.42. The second-order valence-electron chi connectivity index (χ2n) is 9.17. The zero-order valence-electron chi connectivity index (χ0n) is 17.7. The highest BCUT2D eigenvalue weighted by atomic mass is 16.5. The standard InChI is InChI=1S/C22H36N4O2/c1-15-20(14-24-25(15)2)22-18(12-21(27)26(22)9-10-28-3)13-23-19-6-4-5-17(11-19)16-7-8-16/h14,16-19,22-23H,4-13H2,1-3H3/t17?,18-,19?,22+/m0/s1. The number of carbonyl (C=O) groups is 1. The van der Waals surface area contributed by atoms with Crippen LogP contribution in [0.1, 0.15) is 62.2 Å². The highest BCUT2D eigenvalue weighted by Crippen LogP contribution is 2.44. The summed E-state index contributed by atoms with van der Waals surface area (Å²) in [4.78, 5) is 14.8. The minimum absolute atomic E-state index is 0.103. The Morgan fingerprint density at radius 3 is 2.75 bits per heavy atom. The number of aromatic nitrogens is 2. The van der Waals surface area contributed by atoms with Gasteiger partial charge in [-0.1, -0.05) is 12.8 Å². The summed E-state index contributed by atoms with van der Waals surface area (Å²) < 4.78 is 7.19. The third-order valence-electron chi connectivity index (χ3n) is 7.34. The van der Waals surface area contributed by atoms with Gasteiger partial charge in [0.15, 0.2) is 0 Å². The smallest absolute Gasteiger partial charge is 0.223 e.